The predicted molar refractivity (Wildman–Crippen MR) is 107 cm³/mol. The maximum Gasteiger partial charge on any atom is 0.253 e. The van der Waals surface area contributed by atoms with E-state index in [9.17, 15) is 4.79 Å². The second-order valence-electron chi connectivity index (χ2n) is 6.54. The molecule has 0 atom stereocenters. The Morgan fingerprint density at radius 3 is 2.63 bits per heavy atom. The highest BCUT2D eigenvalue weighted by molar-refractivity contribution is 5.95. The molecule has 0 unspecified atom stereocenters. The van der Waals surface area contributed by atoms with Crippen molar-refractivity contribution in [3.05, 3.63) is 66.4 Å². The highest BCUT2D eigenvalue weighted by Gasteiger charge is 2.13. The Morgan fingerprint density at radius 2 is 1.85 bits per heavy atom. The third kappa shape index (κ3) is 3.13. The number of rotatable bonds is 3. The first-order chi connectivity index (χ1) is 13.0. The first kappa shape index (κ1) is 16.8. The molecule has 27 heavy (non-hydrogen) atoms. The van der Waals surface area contributed by atoms with Gasteiger partial charge in [-0.2, -0.15) is 0 Å². The fraction of sp³-hybridized carbons (Fsp3) is 0.0952. The van der Waals surface area contributed by atoms with Crippen molar-refractivity contribution in [2.75, 3.05) is 19.8 Å². The van der Waals surface area contributed by atoms with Crippen LogP contribution in [0.4, 0.5) is 5.82 Å². The molecule has 2 aromatic heterocycles. The van der Waals surface area contributed by atoms with Gasteiger partial charge in [-0.1, -0.05) is 24.3 Å². The van der Waals surface area contributed by atoms with Gasteiger partial charge in [-0.3, -0.25) is 4.79 Å². The van der Waals surface area contributed by atoms with Crippen molar-refractivity contribution >= 4 is 22.8 Å². The summed E-state index contributed by atoms with van der Waals surface area (Å²) in [6.45, 7) is 0. The summed E-state index contributed by atoms with van der Waals surface area (Å²) in [5, 5.41) is 0. The molecule has 4 rings (SSSR count). The molecule has 6 heteroatoms. The first-order valence-corrected chi connectivity index (χ1v) is 8.55. The van der Waals surface area contributed by atoms with Gasteiger partial charge in [0.2, 0.25) is 0 Å². The minimum Gasteiger partial charge on any atom is -0.383 e. The van der Waals surface area contributed by atoms with Crippen LogP contribution >= 0.6 is 0 Å². The Balaban J connectivity index is 1.79. The highest BCUT2D eigenvalue weighted by Crippen LogP contribution is 2.29. The van der Waals surface area contributed by atoms with E-state index in [1.807, 2.05) is 48.5 Å². The van der Waals surface area contributed by atoms with Crippen molar-refractivity contribution in [3.8, 4) is 22.5 Å². The number of pyridine rings is 1. The number of imidazole rings is 1. The molecule has 2 heterocycles. The first-order valence-electron chi connectivity index (χ1n) is 8.55. The number of para-hydroxylation sites is 2. The van der Waals surface area contributed by atoms with Crippen LogP contribution in [0.5, 0.6) is 0 Å². The molecule has 0 radical (unpaired) electrons. The number of nitrogen functional groups attached to an aromatic ring is 1. The number of carbonyl (C=O) groups excluding carboxylic acids is 1. The largest absolute Gasteiger partial charge is 0.383 e. The molecule has 0 aliphatic carbocycles. The smallest absolute Gasteiger partial charge is 0.253 e. The lowest BCUT2D eigenvalue weighted by atomic mass is 10.0. The van der Waals surface area contributed by atoms with E-state index in [0.717, 1.165) is 27.7 Å². The fourth-order valence-electron chi connectivity index (χ4n) is 2.99. The molecule has 0 bridgehead atoms. The van der Waals surface area contributed by atoms with Gasteiger partial charge in [0.1, 0.15) is 11.6 Å². The summed E-state index contributed by atoms with van der Waals surface area (Å²) >= 11 is 0. The average molecular weight is 357 g/mol. The van der Waals surface area contributed by atoms with E-state index >= 15 is 0 Å². The van der Waals surface area contributed by atoms with Gasteiger partial charge >= 0.3 is 0 Å². The van der Waals surface area contributed by atoms with Crippen LogP contribution in [0.3, 0.4) is 0 Å². The lowest BCUT2D eigenvalue weighted by molar-refractivity contribution is 0.0827. The van der Waals surface area contributed by atoms with E-state index in [0.29, 0.717) is 17.2 Å². The number of fused-ring (bicyclic) bond motifs is 1. The van der Waals surface area contributed by atoms with Crippen molar-refractivity contribution in [2.45, 2.75) is 0 Å². The van der Waals surface area contributed by atoms with Gasteiger partial charge in [-0.05, 0) is 35.9 Å². The molecule has 0 spiro atoms. The van der Waals surface area contributed by atoms with Gasteiger partial charge in [0.25, 0.3) is 5.91 Å². The van der Waals surface area contributed by atoms with Gasteiger partial charge < -0.3 is 15.6 Å². The van der Waals surface area contributed by atoms with Gasteiger partial charge in [0, 0.05) is 31.4 Å². The quantitative estimate of drug-likeness (QED) is 0.587. The number of H-pyrrole nitrogens is 1. The van der Waals surface area contributed by atoms with Gasteiger partial charge in [0.15, 0.2) is 0 Å². The zero-order valence-electron chi connectivity index (χ0n) is 15.1. The number of nitrogens with one attached hydrogen (secondary N) is 1. The van der Waals surface area contributed by atoms with Crippen LogP contribution in [-0.4, -0.2) is 39.9 Å². The van der Waals surface area contributed by atoms with Gasteiger partial charge in [-0.25, -0.2) is 9.97 Å². The second-order valence-corrected chi connectivity index (χ2v) is 6.54. The van der Waals surface area contributed by atoms with Crippen molar-refractivity contribution < 1.29 is 4.79 Å². The molecule has 1 amide bonds. The molecule has 0 saturated heterocycles. The number of hydrogen-bond donors (Lipinski definition) is 2. The number of aromatic amines is 1. The van der Waals surface area contributed by atoms with Crippen molar-refractivity contribution in [1.29, 1.82) is 0 Å². The topological polar surface area (TPSA) is 87.9 Å². The molecular weight excluding hydrogens is 338 g/mol. The summed E-state index contributed by atoms with van der Waals surface area (Å²) in [7, 11) is 3.47. The van der Waals surface area contributed by atoms with Crippen molar-refractivity contribution in [3.63, 3.8) is 0 Å². The zero-order valence-corrected chi connectivity index (χ0v) is 15.1. The van der Waals surface area contributed by atoms with E-state index in [-0.39, 0.29) is 5.91 Å². The Hall–Kier alpha value is -3.67. The number of nitrogens with zero attached hydrogens (tertiary/aromatic N) is 3. The Bertz CT molecular complexity index is 1110. The Morgan fingerprint density at radius 1 is 1.04 bits per heavy atom. The molecule has 0 aliphatic heterocycles. The molecule has 6 nitrogen and oxygen atoms in total. The minimum absolute atomic E-state index is 0.0437. The van der Waals surface area contributed by atoms with Crippen LogP contribution in [0, 0.1) is 0 Å². The summed E-state index contributed by atoms with van der Waals surface area (Å²) in [6.07, 6.45) is 1.71. The standard InChI is InChI=1S/C21H19N5O/c1-26(2)21(27)14-7-5-6-13(10-14)15-11-16(19(22)23-12-15)20-24-17-8-3-4-9-18(17)25-20/h3-12H,1-2H3,(H2,22,23)(H,24,25). The van der Waals surface area contributed by atoms with Crippen molar-refractivity contribution in [1.82, 2.24) is 19.9 Å². The zero-order chi connectivity index (χ0) is 19.0. The summed E-state index contributed by atoms with van der Waals surface area (Å²) < 4.78 is 0. The average Bonchev–Trinajstić information content (AvgIpc) is 3.11. The Kier molecular flexibility index (Phi) is 4.08. The number of hydrogen-bond acceptors (Lipinski definition) is 4. The lowest BCUT2D eigenvalue weighted by Gasteiger charge is -2.12. The maximum absolute atomic E-state index is 12.2. The molecule has 3 N–H and O–H groups in total. The lowest BCUT2D eigenvalue weighted by Crippen LogP contribution is -2.21. The molecule has 0 fully saturated rings. The normalized spacial score (nSPS) is 10.9. The summed E-state index contributed by atoms with van der Waals surface area (Å²) in [5.74, 6) is 1.03. The summed E-state index contributed by atoms with van der Waals surface area (Å²) in [6, 6.07) is 17.2. The van der Waals surface area contributed by atoms with Crippen molar-refractivity contribution in [2.24, 2.45) is 0 Å². The SMILES string of the molecule is CN(C)C(=O)c1cccc(-c2cnc(N)c(-c3nc4ccccc4[nH]3)c2)c1. The number of nitrogens with two attached hydrogens (primary N) is 1. The van der Waals surface area contributed by atoms with Crippen LogP contribution in [0.15, 0.2) is 60.8 Å². The monoisotopic (exact) mass is 357 g/mol. The third-order valence-electron chi connectivity index (χ3n) is 4.41. The summed E-state index contributed by atoms with van der Waals surface area (Å²) in [5.41, 5.74) is 11.0. The van der Waals surface area contributed by atoms with Crippen LogP contribution in [0.1, 0.15) is 10.4 Å². The Labute approximate surface area is 156 Å². The van der Waals surface area contributed by atoms with Crippen LogP contribution in [0.25, 0.3) is 33.5 Å². The maximum atomic E-state index is 12.2. The van der Waals surface area contributed by atoms with E-state index in [1.54, 1.807) is 31.3 Å². The summed E-state index contributed by atoms with van der Waals surface area (Å²) in [4.78, 5) is 26.0. The molecule has 2 aromatic carbocycles. The van der Waals surface area contributed by atoms with Crippen LogP contribution < -0.4 is 5.73 Å². The molecular formula is C21H19N5O. The van der Waals surface area contributed by atoms with Crippen LogP contribution in [0.2, 0.25) is 0 Å². The number of anilines is 1. The number of amides is 1. The number of aromatic nitrogens is 3. The predicted octanol–water partition coefficient (Wildman–Crippen LogP) is 3.58. The second kappa shape index (κ2) is 6.57. The van der Waals surface area contributed by atoms with E-state index < -0.39 is 0 Å². The highest BCUT2D eigenvalue weighted by atomic mass is 16.2. The van der Waals surface area contributed by atoms with Gasteiger partial charge in [0.05, 0.1) is 16.6 Å². The molecule has 134 valence electrons. The van der Waals surface area contributed by atoms with Crippen LogP contribution in [-0.2, 0) is 0 Å². The van der Waals surface area contributed by atoms with E-state index in [1.165, 1.54) is 0 Å². The third-order valence-corrected chi connectivity index (χ3v) is 4.41. The number of benzene rings is 2. The number of carbonyl (C=O) groups is 1. The fourth-order valence-corrected chi connectivity index (χ4v) is 2.99. The van der Waals surface area contributed by atoms with Gasteiger partial charge in [-0.15, -0.1) is 0 Å². The molecule has 4 aromatic rings. The minimum atomic E-state index is -0.0437. The van der Waals surface area contributed by atoms with E-state index in [2.05, 4.69) is 15.0 Å². The molecule has 0 aliphatic rings. The van der Waals surface area contributed by atoms with E-state index in [4.69, 9.17) is 5.73 Å². The molecule has 0 saturated carbocycles.